The van der Waals surface area contributed by atoms with Crippen LogP contribution < -0.4 is 18.1 Å². The van der Waals surface area contributed by atoms with E-state index in [1.807, 2.05) is 42.5 Å². The lowest BCUT2D eigenvalue weighted by molar-refractivity contribution is -0.407. The highest BCUT2D eigenvalue weighted by Gasteiger charge is 2.18. The molecule has 0 radical (unpaired) electrons. The first-order valence-corrected chi connectivity index (χ1v) is 6.50. The topological polar surface area (TPSA) is 67.1 Å². The third kappa shape index (κ3) is 2.86. The van der Waals surface area contributed by atoms with Crippen molar-refractivity contribution in [2.24, 2.45) is 0 Å². The third-order valence-corrected chi connectivity index (χ3v) is 3.46. The van der Waals surface area contributed by atoms with Gasteiger partial charge in [-0.25, -0.2) is 4.79 Å². The zero-order chi connectivity index (χ0) is 14.1. The molecule has 0 aliphatic carbocycles. The summed E-state index contributed by atoms with van der Waals surface area (Å²) < 4.78 is 10.5. The lowest BCUT2D eigenvalue weighted by Gasteiger charge is -2.06. The van der Waals surface area contributed by atoms with Crippen LogP contribution in [0.4, 0.5) is 0 Å². The monoisotopic (exact) mass is 305 g/mol. The van der Waals surface area contributed by atoms with Gasteiger partial charge in [-0.05, 0) is 17.7 Å². The lowest BCUT2D eigenvalue weighted by atomic mass is 10.0. The molecule has 3 N–H and O–H groups in total. The van der Waals surface area contributed by atoms with Crippen LogP contribution in [0.1, 0.15) is 5.56 Å². The number of fused-ring (bicyclic) bond motifs is 3. The largest absolute Gasteiger partial charge is 1.00 e. The maximum atomic E-state index is 11.4. The van der Waals surface area contributed by atoms with Crippen molar-refractivity contribution in [3.8, 4) is 0 Å². The summed E-state index contributed by atoms with van der Waals surface area (Å²) in [4.78, 5) is 11.4. The Labute approximate surface area is 128 Å². The van der Waals surface area contributed by atoms with Gasteiger partial charge in [0, 0.05) is 17.2 Å². The van der Waals surface area contributed by atoms with E-state index in [0.717, 1.165) is 27.5 Å². The molecule has 0 spiro atoms. The first kappa shape index (κ1) is 15.4. The molecule has 2 aromatic carbocycles. The second-order valence-electron chi connectivity index (χ2n) is 4.85. The zero-order valence-corrected chi connectivity index (χ0v) is 12.4. The molecule has 0 saturated heterocycles. The average Bonchev–Trinajstić information content (AvgIpc) is 2.83. The molecule has 110 valence electrons. The number of quaternary nitrogens is 1. The Morgan fingerprint density at radius 1 is 1.19 bits per heavy atom. The van der Waals surface area contributed by atoms with Gasteiger partial charge in [0.15, 0.2) is 6.04 Å². The summed E-state index contributed by atoms with van der Waals surface area (Å²) in [5, 5.41) is 2.19. The van der Waals surface area contributed by atoms with E-state index < -0.39 is 6.04 Å². The smallest absolute Gasteiger partial charge is 0.364 e. The fourth-order valence-corrected chi connectivity index (χ4v) is 2.43. The Morgan fingerprint density at radius 2 is 1.90 bits per heavy atom. The van der Waals surface area contributed by atoms with Crippen LogP contribution >= 0.6 is 0 Å². The SMILES string of the molecule is COC(=O)[C@@H]([NH3+])Cc1ccc2c(c1)oc1ccccc12.[Cl-]. The van der Waals surface area contributed by atoms with E-state index >= 15 is 0 Å². The van der Waals surface area contributed by atoms with Gasteiger partial charge >= 0.3 is 5.97 Å². The van der Waals surface area contributed by atoms with Crippen molar-refractivity contribution in [1.29, 1.82) is 0 Å². The molecule has 1 heterocycles. The summed E-state index contributed by atoms with van der Waals surface area (Å²) in [6, 6.07) is 13.5. The van der Waals surface area contributed by atoms with Gasteiger partial charge in [-0.2, -0.15) is 0 Å². The first-order chi connectivity index (χ1) is 9.69. The molecule has 3 aromatic rings. The van der Waals surface area contributed by atoms with Crippen molar-refractivity contribution in [3.05, 3.63) is 48.0 Å². The summed E-state index contributed by atoms with van der Waals surface area (Å²) in [7, 11) is 1.38. The van der Waals surface area contributed by atoms with E-state index in [1.165, 1.54) is 7.11 Å². The molecule has 21 heavy (non-hydrogen) atoms. The number of furan rings is 1. The fourth-order valence-electron chi connectivity index (χ4n) is 2.43. The number of para-hydroxylation sites is 1. The van der Waals surface area contributed by atoms with Crippen molar-refractivity contribution in [1.82, 2.24) is 0 Å². The normalized spacial score (nSPS) is 12.1. The second kappa shape index (κ2) is 6.16. The molecule has 0 fully saturated rings. The van der Waals surface area contributed by atoms with E-state index in [0.29, 0.717) is 6.42 Å². The molecule has 0 aliphatic rings. The highest BCUT2D eigenvalue weighted by atomic mass is 35.5. The number of esters is 1. The molecule has 0 unspecified atom stereocenters. The van der Waals surface area contributed by atoms with Crippen LogP contribution in [-0.4, -0.2) is 19.1 Å². The Kier molecular flexibility index (Phi) is 4.50. The number of ether oxygens (including phenoxy) is 1. The summed E-state index contributed by atoms with van der Waals surface area (Å²) >= 11 is 0. The van der Waals surface area contributed by atoms with Crippen LogP contribution in [0.3, 0.4) is 0 Å². The minimum Gasteiger partial charge on any atom is -1.00 e. The second-order valence-corrected chi connectivity index (χ2v) is 4.85. The predicted octanol–water partition coefficient (Wildman–Crippen LogP) is -1.08. The highest BCUT2D eigenvalue weighted by molar-refractivity contribution is 6.04. The maximum absolute atomic E-state index is 11.4. The number of hydrogen-bond acceptors (Lipinski definition) is 3. The van der Waals surface area contributed by atoms with Gasteiger partial charge in [-0.1, -0.05) is 30.3 Å². The van der Waals surface area contributed by atoms with Crippen LogP contribution in [0, 0.1) is 0 Å². The van der Waals surface area contributed by atoms with E-state index in [1.54, 1.807) is 0 Å². The van der Waals surface area contributed by atoms with Crippen LogP contribution in [0.5, 0.6) is 0 Å². The molecule has 0 amide bonds. The van der Waals surface area contributed by atoms with Crippen molar-refractivity contribution >= 4 is 27.9 Å². The number of hydrogen-bond donors (Lipinski definition) is 1. The molecule has 0 aliphatic heterocycles. The van der Waals surface area contributed by atoms with Gasteiger partial charge in [0.2, 0.25) is 0 Å². The Hall–Kier alpha value is -2.04. The summed E-state index contributed by atoms with van der Waals surface area (Å²) in [6.07, 6.45) is 0.541. The van der Waals surface area contributed by atoms with Gasteiger partial charge in [0.05, 0.1) is 7.11 Å². The van der Waals surface area contributed by atoms with Crippen molar-refractivity contribution in [2.75, 3.05) is 7.11 Å². The minimum absolute atomic E-state index is 0. The number of methoxy groups -OCH3 is 1. The zero-order valence-electron chi connectivity index (χ0n) is 11.6. The van der Waals surface area contributed by atoms with E-state index in [-0.39, 0.29) is 18.4 Å². The van der Waals surface area contributed by atoms with Crippen LogP contribution in [0.25, 0.3) is 21.9 Å². The Balaban J connectivity index is 0.00000161. The van der Waals surface area contributed by atoms with E-state index in [2.05, 4.69) is 5.73 Å². The number of halogens is 1. The molecule has 3 rings (SSSR count). The Bertz CT molecular complexity index is 781. The third-order valence-electron chi connectivity index (χ3n) is 3.46. The minimum atomic E-state index is -0.401. The number of rotatable bonds is 3. The highest BCUT2D eigenvalue weighted by Crippen LogP contribution is 2.29. The van der Waals surface area contributed by atoms with Crippen LogP contribution in [0.15, 0.2) is 46.9 Å². The molecule has 1 aromatic heterocycles. The van der Waals surface area contributed by atoms with E-state index in [4.69, 9.17) is 9.15 Å². The van der Waals surface area contributed by atoms with E-state index in [9.17, 15) is 4.79 Å². The predicted molar refractivity (Wildman–Crippen MR) is 76.1 cm³/mol. The summed E-state index contributed by atoms with van der Waals surface area (Å²) in [5.74, 6) is -0.297. The number of carbonyl (C=O) groups excluding carboxylic acids is 1. The van der Waals surface area contributed by atoms with Gasteiger partial charge in [-0.3, -0.25) is 0 Å². The molecular weight excluding hydrogens is 290 g/mol. The fraction of sp³-hybridized carbons (Fsp3) is 0.188. The molecule has 0 bridgehead atoms. The van der Waals surface area contributed by atoms with Gasteiger partial charge in [0.1, 0.15) is 11.2 Å². The summed E-state index contributed by atoms with van der Waals surface area (Å²) in [5.41, 5.74) is 6.55. The molecular formula is C16H16ClNO3. The van der Waals surface area contributed by atoms with Gasteiger partial charge in [0.25, 0.3) is 0 Å². The molecule has 4 nitrogen and oxygen atoms in total. The average molecular weight is 306 g/mol. The van der Waals surface area contributed by atoms with Crippen molar-refractivity contribution < 1.29 is 32.1 Å². The number of benzene rings is 2. The lowest BCUT2D eigenvalue weighted by Crippen LogP contribution is -3.00. The maximum Gasteiger partial charge on any atom is 0.364 e. The quantitative estimate of drug-likeness (QED) is 0.626. The molecule has 0 saturated carbocycles. The van der Waals surface area contributed by atoms with Crippen molar-refractivity contribution in [3.63, 3.8) is 0 Å². The first-order valence-electron chi connectivity index (χ1n) is 6.50. The number of carbonyl (C=O) groups is 1. The standard InChI is InChI=1S/C16H15NO3.ClH/c1-19-16(18)13(17)8-10-6-7-12-11-4-2-3-5-14(11)20-15(12)9-10;/h2-7,9,13H,8,17H2,1H3;1H/t13-;/m0./s1. The van der Waals surface area contributed by atoms with Crippen LogP contribution in [0.2, 0.25) is 0 Å². The Morgan fingerprint density at radius 3 is 2.67 bits per heavy atom. The van der Waals surface area contributed by atoms with Gasteiger partial charge in [-0.15, -0.1) is 0 Å². The van der Waals surface area contributed by atoms with Crippen LogP contribution in [-0.2, 0) is 16.0 Å². The van der Waals surface area contributed by atoms with Gasteiger partial charge < -0.3 is 27.3 Å². The molecule has 5 heteroatoms. The molecule has 1 atom stereocenters. The summed E-state index contributed by atoms with van der Waals surface area (Å²) in [6.45, 7) is 0. The van der Waals surface area contributed by atoms with Crippen molar-refractivity contribution in [2.45, 2.75) is 12.5 Å².